The third kappa shape index (κ3) is 5.64. The summed E-state index contributed by atoms with van der Waals surface area (Å²) >= 11 is 0. The Morgan fingerprint density at radius 1 is 1.31 bits per heavy atom. The second-order valence-electron chi connectivity index (χ2n) is 7.83. The number of aliphatic hydroxyl groups is 1. The fourth-order valence-electron chi connectivity index (χ4n) is 3.65. The summed E-state index contributed by atoms with van der Waals surface area (Å²) in [5, 5.41) is 9.72. The number of carbonyl (C=O) groups is 4. The molecule has 1 aliphatic heterocycles. The Morgan fingerprint density at radius 3 is 2.56 bits per heavy atom. The van der Waals surface area contributed by atoms with Crippen LogP contribution in [0.5, 0.6) is 0 Å². The maximum atomic E-state index is 12.7. The van der Waals surface area contributed by atoms with Gasteiger partial charge in [0.2, 0.25) is 0 Å². The van der Waals surface area contributed by atoms with Crippen LogP contribution in [0.15, 0.2) is 35.5 Å². The van der Waals surface area contributed by atoms with Gasteiger partial charge in [0, 0.05) is 12.5 Å². The van der Waals surface area contributed by atoms with Crippen LogP contribution < -0.4 is 0 Å². The molecule has 1 N–H and O–H groups in total. The van der Waals surface area contributed by atoms with Crippen molar-refractivity contribution in [3.05, 3.63) is 35.5 Å². The number of fused-ring (bicyclic) bond motifs is 1. The molecule has 0 aromatic rings. The predicted molar refractivity (Wildman–Crippen MR) is 112 cm³/mol. The van der Waals surface area contributed by atoms with Crippen molar-refractivity contribution >= 4 is 23.9 Å². The molecule has 0 saturated carbocycles. The largest absolute Gasteiger partial charge is 0.466 e. The Morgan fingerprint density at radius 2 is 2.00 bits per heavy atom. The molecule has 32 heavy (non-hydrogen) atoms. The molecule has 0 unspecified atom stereocenters. The van der Waals surface area contributed by atoms with Gasteiger partial charge in [0.1, 0.15) is 6.10 Å². The van der Waals surface area contributed by atoms with E-state index in [1.165, 1.54) is 20.1 Å². The monoisotopic (exact) mass is 450 g/mol. The highest BCUT2D eigenvalue weighted by atomic mass is 16.6. The summed E-state index contributed by atoms with van der Waals surface area (Å²) in [6.07, 6.45) is 0.692. The van der Waals surface area contributed by atoms with E-state index in [0.29, 0.717) is 24.8 Å². The minimum atomic E-state index is -1.35. The van der Waals surface area contributed by atoms with Crippen molar-refractivity contribution in [1.29, 1.82) is 0 Å². The number of hydrogen-bond donors (Lipinski definition) is 1. The van der Waals surface area contributed by atoms with Crippen LogP contribution in [0, 0.1) is 11.8 Å². The van der Waals surface area contributed by atoms with Crippen LogP contribution >= 0.6 is 0 Å². The molecule has 2 rings (SSSR count). The molecule has 0 aromatic heterocycles. The molecule has 1 heterocycles. The van der Waals surface area contributed by atoms with E-state index in [2.05, 4.69) is 6.58 Å². The lowest BCUT2D eigenvalue weighted by atomic mass is 9.83. The first kappa shape index (κ1) is 25.3. The van der Waals surface area contributed by atoms with E-state index in [-0.39, 0.29) is 17.8 Å². The van der Waals surface area contributed by atoms with Gasteiger partial charge in [-0.2, -0.15) is 0 Å². The van der Waals surface area contributed by atoms with E-state index < -0.39 is 54.0 Å². The van der Waals surface area contributed by atoms with Gasteiger partial charge in [-0.25, -0.2) is 9.59 Å². The SMILES string of the molecule is C=C1C(=O)O[C@@H]2/C=C(/CO)CC/C=C(/C(=O)OC)[C@H](OC(=O)[C@H](C)CC)[C@@H](OC(C)=O)[C@@H]12. The van der Waals surface area contributed by atoms with Gasteiger partial charge >= 0.3 is 23.9 Å². The van der Waals surface area contributed by atoms with Gasteiger partial charge in [-0.15, -0.1) is 0 Å². The van der Waals surface area contributed by atoms with Crippen LogP contribution in [0.4, 0.5) is 0 Å². The van der Waals surface area contributed by atoms with Crippen molar-refractivity contribution < 1.29 is 43.2 Å². The first-order valence-corrected chi connectivity index (χ1v) is 10.5. The molecular formula is C23H30O9. The van der Waals surface area contributed by atoms with Crippen LogP contribution in [0.1, 0.15) is 40.0 Å². The molecule has 5 atom stereocenters. The maximum absolute atomic E-state index is 12.7. The second-order valence-corrected chi connectivity index (χ2v) is 7.83. The van der Waals surface area contributed by atoms with Gasteiger partial charge in [-0.1, -0.05) is 26.5 Å². The Hall–Kier alpha value is -2.94. The lowest BCUT2D eigenvalue weighted by Gasteiger charge is -2.33. The summed E-state index contributed by atoms with van der Waals surface area (Å²) in [6.45, 7) is 8.13. The molecular weight excluding hydrogens is 420 g/mol. The van der Waals surface area contributed by atoms with E-state index in [1.54, 1.807) is 13.0 Å². The smallest absolute Gasteiger partial charge is 0.337 e. The number of ether oxygens (including phenoxy) is 4. The highest BCUT2D eigenvalue weighted by Crippen LogP contribution is 2.38. The predicted octanol–water partition coefficient (Wildman–Crippen LogP) is 1.79. The van der Waals surface area contributed by atoms with Crippen molar-refractivity contribution in [3.8, 4) is 0 Å². The molecule has 0 aromatic carbocycles. The van der Waals surface area contributed by atoms with Crippen molar-refractivity contribution in [3.63, 3.8) is 0 Å². The zero-order valence-electron chi connectivity index (χ0n) is 18.8. The normalized spacial score (nSPS) is 29.9. The lowest BCUT2D eigenvalue weighted by molar-refractivity contribution is -0.172. The van der Waals surface area contributed by atoms with Gasteiger partial charge in [0.05, 0.1) is 31.1 Å². The van der Waals surface area contributed by atoms with Crippen molar-refractivity contribution in [2.75, 3.05) is 13.7 Å². The average Bonchev–Trinajstić information content (AvgIpc) is 3.04. The lowest BCUT2D eigenvalue weighted by Crippen LogP contribution is -2.46. The highest BCUT2D eigenvalue weighted by Gasteiger charge is 2.50. The molecule has 2 aliphatic rings. The molecule has 176 valence electrons. The second kappa shape index (κ2) is 11.1. The summed E-state index contributed by atoms with van der Waals surface area (Å²) < 4.78 is 21.5. The van der Waals surface area contributed by atoms with E-state index in [0.717, 1.165) is 0 Å². The van der Waals surface area contributed by atoms with Crippen molar-refractivity contribution in [2.24, 2.45) is 11.8 Å². The number of allylic oxidation sites excluding steroid dienone is 1. The third-order valence-corrected chi connectivity index (χ3v) is 5.63. The van der Waals surface area contributed by atoms with E-state index in [4.69, 9.17) is 18.9 Å². The molecule has 0 bridgehead atoms. The third-order valence-electron chi connectivity index (χ3n) is 5.63. The Labute approximate surface area is 187 Å². The van der Waals surface area contributed by atoms with Gasteiger partial charge in [-0.05, 0) is 30.9 Å². The Balaban J connectivity index is 2.69. The molecule has 9 nitrogen and oxygen atoms in total. The van der Waals surface area contributed by atoms with Gasteiger partial charge in [0.25, 0.3) is 0 Å². The summed E-state index contributed by atoms with van der Waals surface area (Å²) in [7, 11) is 1.18. The van der Waals surface area contributed by atoms with Crippen molar-refractivity contribution in [2.45, 2.75) is 58.3 Å². The summed E-state index contributed by atoms with van der Waals surface area (Å²) in [5.74, 6) is -4.22. The molecule has 1 fully saturated rings. The van der Waals surface area contributed by atoms with Crippen LogP contribution in [0.3, 0.4) is 0 Å². The van der Waals surface area contributed by atoms with Gasteiger partial charge in [0.15, 0.2) is 12.2 Å². The summed E-state index contributed by atoms with van der Waals surface area (Å²) in [5.41, 5.74) is 0.546. The van der Waals surface area contributed by atoms with Gasteiger partial charge in [-0.3, -0.25) is 9.59 Å². The van der Waals surface area contributed by atoms with Crippen LogP contribution in [0.25, 0.3) is 0 Å². The fourth-order valence-corrected chi connectivity index (χ4v) is 3.65. The standard InChI is InChI=1S/C23H30O9/c1-6-12(2)21(26)32-19-16(23(28)29-5)9-7-8-15(11-24)10-17-18(13(3)22(27)31-17)20(19)30-14(4)25/h9-10,12,17-20,24H,3,6-8,11H2,1-2,4-5H3/b15-10+,16-9+/t12-,17-,18+,19+,20+/m1/s1. The average molecular weight is 450 g/mol. The maximum Gasteiger partial charge on any atom is 0.337 e. The number of carbonyl (C=O) groups excluding carboxylic acids is 4. The van der Waals surface area contributed by atoms with E-state index in [1.807, 2.05) is 6.92 Å². The highest BCUT2D eigenvalue weighted by molar-refractivity contribution is 5.93. The van der Waals surface area contributed by atoms with Gasteiger partial charge < -0.3 is 24.1 Å². The molecule has 1 aliphatic carbocycles. The first-order chi connectivity index (χ1) is 15.1. The number of esters is 4. The Kier molecular flexibility index (Phi) is 8.77. The molecule has 1 saturated heterocycles. The zero-order chi connectivity index (χ0) is 24.0. The summed E-state index contributed by atoms with van der Waals surface area (Å²) in [6, 6.07) is 0. The van der Waals surface area contributed by atoms with E-state index >= 15 is 0 Å². The number of hydrogen-bond acceptors (Lipinski definition) is 9. The minimum absolute atomic E-state index is 0.00386. The van der Waals surface area contributed by atoms with E-state index in [9.17, 15) is 24.3 Å². The van der Waals surface area contributed by atoms with Crippen molar-refractivity contribution in [1.82, 2.24) is 0 Å². The first-order valence-electron chi connectivity index (χ1n) is 10.5. The molecule has 0 spiro atoms. The molecule has 0 amide bonds. The van der Waals surface area contributed by atoms with Crippen LogP contribution in [-0.4, -0.2) is 61.0 Å². The molecule has 9 heteroatoms. The van der Waals surface area contributed by atoms with Crippen LogP contribution in [-0.2, 0) is 38.1 Å². The minimum Gasteiger partial charge on any atom is -0.466 e. The zero-order valence-corrected chi connectivity index (χ0v) is 18.8. The number of aliphatic hydroxyl groups excluding tert-OH is 1. The topological polar surface area (TPSA) is 125 Å². The molecule has 0 radical (unpaired) electrons. The quantitative estimate of drug-likeness (QED) is 0.279. The fraction of sp³-hybridized carbons (Fsp3) is 0.565. The Bertz CT molecular complexity index is 838. The summed E-state index contributed by atoms with van der Waals surface area (Å²) in [4.78, 5) is 49.8. The number of methoxy groups -OCH3 is 1. The van der Waals surface area contributed by atoms with Crippen LogP contribution in [0.2, 0.25) is 0 Å². The number of rotatable bonds is 6.